The van der Waals surface area contributed by atoms with E-state index >= 15 is 0 Å². The molecule has 8 nitrogen and oxygen atoms in total. The Morgan fingerprint density at radius 2 is 2.07 bits per heavy atom. The highest BCUT2D eigenvalue weighted by Crippen LogP contribution is 2.34. The Morgan fingerprint density at radius 3 is 2.81 bits per heavy atom. The van der Waals surface area contributed by atoms with Gasteiger partial charge in [0, 0.05) is 13.0 Å². The lowest BCUT2D eigenvalue weighted by Gasteiger charge is -2.12. The molecule has 0 bridgehead atoms. The van der Waals surface area contributed by atoms with E-state index in [1.165, 1.54) is 11.8 Å². The largest absolute Gasteiger partial charge is 0.309 e. The Morgan fingerprint density at radius 1 is 1.30 bits per heavy atom. The van der Waals surface area contributed by atoms with Gasteiger partial charge in [-0.1, -0.05) is 23.9 Å². The molecular formula is C17H19N5O3S2. The van der Waals surface area contributed by atoms with Crippen LogP contribution in [0.3, 0.4) is 0 Å². The topological polar surface area (TPSA) is 111 Å². The van der Waals surface area contributed by atoms with Crippen LogP contribution >= 0.6 is 11.8 Å². The molecule has 0 amide bonds. The average molecular weight is 406 g/mol. The molecule has 1 fully saturated rings. The van der Waals surface area contributed by atoms with Crippen molar-refractivity contribution in [2.45, 2.75) is 29.7 Å². The van der Waals surface area contributed by atoms with E-state index in [1.54, 1.807) is 12.1 Å². The van der Waals surface area contributed by atoms with Gasteiger partial charge in [0.2, 0.25) is 0 Å². The molecule has 1 aliphatic heterocycles. The van der Waals surface area contributed by atoms with Crippen molar-refractivity contribution in [2.75, 3.05) is 11.5 Å². The van der Waals surface area contributed by atoms with E-state index in [0.717, 1.165) is 0 Å². The lowest BCUT2D eigenvalue weighted by Crippen LogP contribution is -2.13. The van der Waals surface area contributed by atoms with Gasteiger partial charge in [0.1, 0.15) is 11.6 Å². The van der Waals surface area contributed by atoms with E-state index in [4.69, 9.17) is 0 Å². The van der Waals surface area contributed by atoms with Crippen molar-refractivity contribution in [3.05, 3.63) is 46.3 Å². The summed E-state index contributed by atoms with van der Waals surface area (Å²) in [4.78, 5) is 19.7. The smallest absolute Gasteiger partial charge is 0.258 e. The van der Waals surface area contributed by atoms with Gasteiger partial charge in [0.15, 0.2) is 15.0 Å². The molecule has 0 saturated carbocycles. The number of hydrogen-bond acceptors (Lipinski definition) is 7. The highest BCUT2D eigenvalue weighted by Gasteiger charge is 2.32. The van der Waals surface area contributed by atoms with E-state index in [9.17, 15) is 13.2 Å². The molecule has 27 heavy (non-hydrogen) atoms. The molecule has 10 heteroatoms. The summed E-state index contributed by atoms with van der Waals surface area (Å²) < 4.78 is 25.3. The minimum atomic E-state index is -2.98. The number of fused-ring (bicyclic) bond motifs is 1. The lowest BCUT2D eigenvalue weighted by atomic mass is 10.1. The quantitative estimate of drug-likeness (QED) is 0.659. The molecule has 0 spiro atoms. The van der Waals surface area contributed by atoms with Crippen molar-refractivity contribution < 1.29 is 8.42 Å². The van der Waals surface area contributed by atoms with Crippen molar-refractivity contribution >= 4 is 32.5 Å². The molecule has 1 saturated heterocycles. The summed E-state index contributed by atoms with van der Waals surface area (Å²) in [6, 6.07) is 7.21. The Kier molecular flexibility index (Phi) is 4.55. The minimum absolute atomic E-state index is 0.115. The van der Waals surface area contributed by atoms with Gasteiger partial charge in [-0.05, 0) is 25.5 Å². The van der Waals surface area contributed by atoms with Crippen LogP contribution in [0.15, 0.2) is 34.2 Å². The van der Waals surface area contributed by atoms with E-state index in [-0.39, 0.29) is 28.2 Å². The molecule has 1 aliphatic rings. The second-order valence-electron chi connectivity index (χ2n) is 6.73. The van der Waals surface area contributed by atoms with E-state index < -0.39 is 9.84 Å². The SMILES string of the molecule is CC(Sc1nnc(C2CCS(=O)(=O)C2)n1C)c1nc2ccccc2c(=O)[nH]1. The fourth-order valence-electron chi connectivity index (χ4n) is 3.29. The highest BCUT2D eigenvalue weighted by molar-refractivity contribution is 7.99. The van der Waals surface area contributed by atoms with Crippen LogP contribution in [0.25, 0.3) is 10.9 Å². The predicted molar refractivity (Wildman–Crippen MR) is 104 cm³/mol. The van der Waals surface area contributed by atoms with Crippen LogP contribution in [0.2, 0.25) is 0 Å². The fraction of sp³-hybridized carbons (Fsp3) is 0.412. The number of para-hydroxylation sites is 1. The summed E-state index contributed by atoms with van der Waals surface area (Å²) in [5.41, 5.74) is 0.483. The Hall–Kier alpha value is -2.20. The summed E-state index contributed by atoms with van der Waals surface area (Å²) in [6.45, 7) is 1.94. The Labute approximate surface area is 160 Å². The summed E-state index contributed by atoms with van der Waals surface area (Å²) in [7, 11) is -1.14. The zero-order valence-electron chi connectivity index (χ0n) is 14.9. The van der Waals surface area contributed by atoms with Crippen molar-refractivity contribution in [1.82, 2.24) is 24.7 Å². The second kappa shape index (κ2) is 6.75. The zero-order valence-corrected chi connectivity index (χ0v) is 16.5. The average Bonchev–Trinajstić information content (AvgIpc) is 3.17. The van der Waals surface area contributed by atoms with Crippen molar-refractivity contribution in [3.63, 3.8) is 0 Å². The Bertz CT molecular complexity index is 1170. The number of aromatic nitrogens is 5. The molecule has 142 valence electrons. The van der Waals surface area contributed by atoms with Gasteiger partial charge >= 0.3 is 0 Å². The van der Waals surface area contributed by atoms with Gasteiger partial charge in [-0.2, -0.15) is 0 Å². The third-order valence-corrected chi connectivity index (χ3v) is 7.68. The lowest BCUT2D eigenvalue weighted by molar-refractivity contribution is 0.599. The summed E-state index contributed by atoms with van der Waals surface area (Å²) >= 11 is 1.43. The maximum atomic E-state index is 12.3. The standard InChI is InChI=1S/C17H19N5O3S2/c1-10(14-18-13-6-4-3-5-12(13)16(23)19-14)26-17-21-20-15(22(17)2)11-7-8-27(24,25)9-11/h3-6,10-11H,7-9H2,1-2H3,(H,18,19,23). The van der Waals surface area contributed by atoms with E-state index in [0.29, 0.717) is 34.1 Å². The third-order valence-electron chi connectivity index (χ3n) is 4.76. The second-order valence-corrected chi connectivity index (χ2v) is 10.3. The number of rotatable bonds is 4. The summed E-state index contributed by atoms with van der Waals surface area (Å²) in [6.07, 6.45) is 0.577. The summed E-state index contributed by atoms with van der Waals surface area (Å²) in [5, 5.41) is 9.51. The number of nitrogens with one attached hydrogen (secondary N) is 1. The maximum absolute atomic E-state index is 12.3. The first kappa shape index (κ1) is 18.2. The van der Waals surface area contributed by atoms with Crippen molar-refractivity contribution in [3.8, 4) is 0 Å². The van der Waals surface area contributed by atoms with Gasteiger partial charge in [-0.25, -0.2) is 13.4 Å². The molecule has 2 aromatic heterocycles. The summed E-state index contributed by atoms with van der Waals surface area (Å²) in [5.74, 6) is 1.46. The van der Waals surface area contributed by atoms with Crippen LogP contribution in [-0.4, -0.2) is 44.7 Å². The Balaban J connectivity index is 1.59. The predicted octanol–water partition coefficient (Wildman–Crippen LogP) is 1.81. The number of hydrogen-bond donors (Lipinski definition) is 1. The molecule has 3 heterocycles. The molecule has 4 rings (SSSR count). The molecule has 3 aromatic rings. The van der Waals surface area contributed by atoms with Crippen LogP contribution in [0.5, 0.6) is 0 Å². The zero-order chi connectivity index (χ0) is 19.2. The number of aromatic amines is 1. The first-order chi connectivity index (χ1) is 12.8. The normalized spacial score (nSPS) is 20.1. The number of benzene rings is 1. The van der Waals surface area contributed by atoms with Crippen molar-refractivity contribution in [1.29, 1.82) is 0 Å². The van der Waals surface area contributed by atoms with Crippen LogP contribution in [-0.2, 0) is 16.9 Å². The molecule has 1 aromatic carbocycles. The van der Waals surface area contributed by atoms with Gasteiger partial charge in [-0.15, -0.1) is 10.2 Å². The molecular weight excluding hydrogens is 386 g/mol. The monoisotopic (exact) mass is 405 g/mol. The molecule has 0 radical (unpaired) electrons. The number of sulfone groups is 1. The van der Waals surface area contributed by atoms with E-state index in [1.807, 2.05) is 30.7 Å². The third kappa shape index (κ3) is 3.51. The fourth-order valence-corrected chi connectivity index (χ4v) is 5.91. The number of thioether (sulfide) groups is 1. The first-order valence-corrected chi connectivity index (χ1v) is 11.3. The number of H-pyrrole nitrogens is 1. The highest BCUT2D eigenvalue weighted by atomic mass is 32.2. The van der Waals surface area contributed by atoms with Crippen LogP contribution in [0.4, 0.5) is 0 Å². The van der Waals surface area contributed by atoms with Crippen LogP contribution in [0, 0.1) is 0 Å². The van der Waals surface area contributed by atoms with Gasteiger partial charge in [-0.3, -0.25) is 4.79 Å². The minimum Gasteiger partial charge on any atom is -0.309 e. The van der Waals surface area contributed by atoms with Gasteiger partial charge in [0.25, 0.3) is 5.56 Å². The maximum Gasteiger partial charge on any atom is 0.258 e. The van der Waals surface area contributed by atoms with E-state index in [2.05, 4.69) is 20.2 Å². The van der Waals surface area contributed by atoms with Crippen LogP contribution in [0.1, 0.15) is 36.2 Å². The first-order valence-electron chi connectivity index (χ1n) is 8.59. The van der Waals surface area contributed by atoms with Gasteiger partial charge in [0.05, 0.1) is 27.7 Å². The molecule has 2 atom stereocenters. The molecule has 2 unspecified atom stereocenters. The van der Waals surface area contributed by atoms with Gasteiger partial charge < -0.3 is 9.55 Å². The van der Waals surface area contributed by atoms with Crippen molar-refractivity contribution in [2.24, 2.45) is 7.05 Å². The van der Waals surface area contributed by atoms with Crippen LogP contribution < -0.4 is 5.56 Å². The number of nitrogens with zero attached hydrogens (tertiary/aromatic N) is 4. The molecule has 0 aliphatic carbocycles. The molecule has 1 N–H and O–H groups in total.